The van der Waals surface area contributed by atoms with Crippen LogP contribution >= 0.6 is 0 Å². The third kappa shape index (κ3) is 8.55. The summed E-state index contributed by atoms with van der Waals surface area (Å²) in [5, 5.41) is 28.0. The van der Waals surface area contributed by atoms with Gasteiger partial charge < -0.3 is 30.5 Å². The van der Waals surface area contributed by atoms with Gasteiger partial charge in [-0.25, -0.2) is 9.18 Å². The van der Waals surface area contributed by atoms with Gasteiger partial charge in [-0.3, -0.25) is 0 Å². The van der Waals surface area contributed by atoms with Crippen LogP contribution in [0.25, 0.3) is 0 Å². The number of aliphatic hydroxyl groups is 2. The molecule has 2 aliphatic rings. The number of amides is 2. The number of carbonyl (C=O) groups is 1. The molecule has 37 heavy (non-hydrogen) atoms. The second-order valence-corrected chi connectivity index (χ2v) is 12.2. The lowest BCUT2D eigenvalue weighted by atomic mass is 9.73. The molecule has 4 N–H and O–H groups in total. The summed E-state index contributed by atoms with van der Waals surface area (Å²) in [7, 11) is 1.88. The van der Waals surface area contributed by atoms with Crippen LogP contribution in [0.15, 0.2) is 18.2 Å². The number of rotatable bonds is 13. The topological polar surface area (TPSA) is 94.1 Å². The average molecular weight is 522 g/mol. The minimum atomic E-state index is -1.37. The summed E-state index contributed by atoms with van der Waals surface area (Å²) in [5.41, 5.74) is -0.843. The largest absolute Gasteiger partial charge is 0.490 e. The second kappa shape index (κ2) is 13.3. The lowest BCUT2D eigenvalue weighted by Crippen LogP contribution is -2.54. The molecule has 0 unspecified atom stereocenters. The summed E-state index contributed by atoms with van der Waals surface area (Å²) in [4.78, 5) is 15.1. The fraction of sp³-hybridized carbons (Fsp3) is 0.759. The molecule has 1 aliphatic heterocycles. The van der Waals surface area contributed by atoms with Crippen LogP contribution in [0.5, 0.6) is 5.75 Å². The van der Waals surface area contributed by atoms with E-state index in [0.29, 0.717) is 57.0 Å². The number of benzene rings is 1. The summed E-state index contributed by atoms with van der Waals surface area (Å²) in [6, 6.07) is 4.62. The van der Waals surface area contributed by atoms with Crippen LogP contribution in [-0.4, -0.2) is 67.1 Å². The summed E-state index contributed by atoms with van der Waals surface area (Å²) >= 11 is 0. The number of hydrogen-bond acceptors (Lipinski definition) is 5. The zero-order chi connectivity index (χ0) is 27.1. The minimum Gasteiger partial charge on any atom is -0.490 e. The number of nitrogens with one attached hydrogen (secondary N) is 2. The fourth-order valence-corrected chi connectivity index (χ4v) is 5.52. The Morgan fingerprint density at radius 3 is 2.65 bits per heavy atom. The Kier molecular flexibility index (Phi) is 10.6. The van der Waals surface area contributed by atoms with E-state index in [0.717, 1.165) is 32.1 Å². The molecule has 1 aromatic rings. The van der Waals surface area contributed by atoms with Crippen LogP contribution in [0.3, 0.4) is 0 Å². The molecule has 1 saturated carbocycles. The highest BCUT2D eigenvalue weighted by molar-refractivity contribution is 5.74. The molecule has 3 rings (SSSR count). The number of para-hydroxylation sites is 1. The van der Waals surface area contributed by atoms with Gasteiger partial charge in [-0.1, -0.05) is 32.9 Å². The first kappa shape index (κ1) is 29.7. The number of unbranched alkanes of at least 4 members (excludes halogenated alkanes) is 1. The molecule has 0 aromatic heterocycles. The number of aliphatic hydroxyl groups excluding tert-OH is 1. The Labute approximate surface area is 222 Å². The Morgan fingerprint density at radius 2 is 2.00 bits per heavy atom. The van der Waals surface area contributed by atoms with Crippen LogP contribution in [-0.2, 0) is 5.60 Å². The van der Waals surface area contributed by atoms with E-state index in [4.69, 9.17) is 4.74 Å². The second-order valence-electron chi connectivity index (χ2n) is 12.2. The molecule has 3 atom stereocenters. The number of likely N-dealkylation sites (tertiary alicyclic amines) is 1. The van der Waals surface area contributed by atoms with Crippen molar-refractivity contribution < 1.29 is 24.1 Å². The van der Waals surface area contributed by atoms with Crippen LogP contribution in [0, 0.1) is 23.1 Å². The van der Waals surface area contributed by atoms with E-state index in [1.807, 2.05) is 7.05 Å². The van der Waals surface area contributed by atoms with Gasteiger partial charge in [0, 0.05) is 43.8 Å². The van der Waals surface area contributed by atoms with Gasteiger partial charge in [0.15, 0.2) is 11.6 Å². The smallest absolute Gasteiger partial charge is 0.317 e. The number of likely N-dealkylation sites (N-methyl/N-ethyl adjacent to an activating group) is 1. The fourth-order valence-electron chi connectivity index (χ4n) is 5.52. The van der Waals surface area contributed by atoms with Crippen molar-refractivity contribution in [2.45, 2.75) is 83.8 Å². The van der Waals surface area contributed by atoms with Gasteiger partial charge in [0.2, 0.25) is 0 Å². The van der Waals surface area contributed by atoms with Crippen molar-refractivity contribution in [3.63, 3.8) is 0 Å². The maximum atomic E-state index is 15.0. The molecule has 0 radical (unpaired) electrons. The zero-order valence-electron chi connectivity index (χ0n) is 23.2. The van der Waals surface area contributed by atoms with Crippen molar-refractivity contribution in [2.75, 3.05) is 39.9 Å². The number of nitrogens with zero attached hydrogens (tertiary/aromatic N) is 1. The number of halogens is 1. The lowest BCUT2D eigenvalue weighted by molar-refractivity contribution is -0.0581. The van der Waals surface area contributed by atoms with Gasteiger partial charge >= 0.3 is 6.03 Å². The van der Waals surface area contributed by atoms with Crippen LogP contribution < -0.4 is 15.4 Å². The number of hydrogen-bond donors (Lipinski definition) is 4. The molecule has 210 valence electrons. The summed E-state index contributed by atoms with van der Waals surface area (Å²) < 4.78 is 21.0. The third-order valence-electron chi connectivity index (χ3n) is 7.58. The van der Waals surface area contributed by atoms with Gasteiger partial charge in [0.25, 0.3) is 0 Å². The van der Waals surface area contributed by atoms with Crippen molar-refractivity contribution in [3.8, 4) is 5.75 Å². The Balaban J connectivity index is 1.82. The Hall–Kier alpha value is -1.90. The lowest BCUT2D eigenvalue weighted by Gasteiger charge is -2.43. The van der Waals surface area contributed by atoms with E-state index < -0.39 is 11.4 Å². The molecule has 2 fully saturated rings. The summed E-state index contributed by atoms with van der Waals surface area (Å²) in [5.74, 6) is -0.174. The normalized spacial score (nSPS) is 20.8. The quantitative estimate of drug-likeness (QED) is 0.289. The Bertz CT molecular complexity index is 873. The number of piperidine rings is 1. The van der Waals surface area contributed by atoms with Crippen LogP contribution in [0.2, 0.25) is 0 Å². The van der Waals surface area contributed by atoms with E-state index in [1.165, 1.54) is 6.07 Å². The molecular formula is C29H48FN3O4. The standard InChI is InChI=1S/C29H48FN3O4/c1-28(2,3)17-23(18-31-4)32-27(35)33-15-8-9-22(19-33)29(36,14-5-6-16-34)24-10-7-11-25(30)26(24)37-20-21-12-13-21/h7,10-11,21-23,31,34,36H,5-6,8-9,12-20H2,1-4H3,(H,32,35)/t22-,23+,29+/m1/s1. The van der Waals surface area contributed by atoms with Crippen molar-refractivity contribution >= 4 is 6.03 Å². The molecule has 1 heterocycles. The molecule has 1 aliphatic carbocycles. The summed E-state index contributed by atoms with van der Waals surface area (Å²) in [6.45, 7) is 8.63. The Morgan fingerprint density at radius 1 is 1.24 bits per heavy atom. The van der Waals surface area contributed by atoms with E-state index in [1.54, 1.807) is 17.0 Å². The van der Waals surface area contributed by atoms with Crippen molar-refractivity contribution in [1.82, 2.24) is 15.5 Å². The third-order valence-corrected chi connectivity index (χ3v) is 7.58. The van der Waals surface area contributed by atoms with Gasteiger partial charge in [-0.2, -0.15) is 0 Å². The van der Waals surface area contributed by atoms with Crippen LogP contribution in [0.1, 0.15) is 77.7 Å². The highest BCUT2D eigenvalue weighted by Crippen LogP contribution is 2.44. The monoisotopic (exact) mass is 521 g/mol. The van der Waals surface area contributed by atoms with E-state index >= 15 is 4.39 Å². The molecule has 1 saturated heterocycles. The molecule has 8 heteroatoms. The molecular weight excluding hydrogens is 473 g/mol. The van der Waals surface area contributed by atoms with E-state index in [2.05, 4.69) is 31.4 Å². The zero-order valence-corrected chi connectivity index (χ0v) is 23.2. The number of ether oxygens (including phenoxy) is 1. The maximum absolute atomic E-state index is 15.0. The minimum absolute atomic E-state index is 0.00744. The molecule has 2 amide bonds. The first-order valence-electron chi connectivity index (χ1n) is 14.0. The van der Waals surface area contributed by atoms with Crippen LogP contribution in [0.4, 0.5) is 9.18 Å². The van der Waals surface area contributed by atoms with E-state index in [9.17, 15) is 15.0 Å². The highest BCUT2D eigenvalue weighted by atomic mass is 19.1. The van der Waals surface area contributed by atoms with Gasteiger partial charge in [0.05, 0.1) is 12.2 Å². The number of urea groups is 1. The van der Waals surface area contributed by atoms with Gasteiger partial charge in [0.1, 0.15) is 0 Å². The van der Waals surface area contributed by atoms with Crippen molar-refractivity contribution in [2.24, 2.45) is 17.3 Å². The first-order valence-corrected chi connectivity index (χ1v) is 14.0. The predicted molar refractivity (Wildman–Crippen MR) is 144 cm³/mol. The SMILES string of the molecule is CNC[C@H](CC(C)(C)C)NC(=O)N1CCC[C@@H]([C@@](O)(CCCCO)c2cccc(F)c2OCC2CC2)C1. The first-order chi connectivity index (χ1) is 17.6. The molecule has 1 aromatic carbocycles. The summed E-state index contributed by atoms with van der Waals surface area (Å²) in [6.07, 6.45) is 5.98. The number of carbonyl (C=O) groups excluding carboxylic acids is 1. The highest BCUT2D eigenvalue weighted by Gasteiger charge is 2.44. The molecule has 0 spiro atoms. The molecule has 0 bridgehead atoms. The average Bonchev–Trinajstić information content (AvgIpc) is 3.67. The van der Waals surface area contributed by atoms with E-state index in [-0.39, 0.29) is 35.8 Å². The van der Waals surface area contributed by atoms with Crippen molar-refractivity contribution in [3.05, 3.63) is 29.6 Å². The molecule has 7 nitrogen and oxygen atoms in total. The van der Waals surface area contributed by atoms with Gasteiger partial charge in [-0.15, -0.1) is 0 Å². The van der Waals surface area contributed by atoms with Gasteiger partial charge in [-0.05, 0) is 75.8 Å². The predicted octanol–water partition coefficient (Wildman–Crippen LogP) is 4.41. The maximum Gasteiger partial charge on any atom is 0.317 e. The van der Waals surface area contributed by atoms with Crippen molar-refractivity contribution in [1.29, 1.82) is 0 Å².